The van der Waals surface area contributed by atoms with Crippen LogP contribution in [0.25, 0.3) is 11.0 Å². The fourth-order valence-electron chi connectivity index (χ4n) is 1.69. The number of rotatable bonds is 6. The van der Waals surface area contributed by atoms with Crippen molar-refractivity contribution in [3.05, 3.63) is 36.2 Å². The number of amides is 1. The van der Waals surface area contributed by atoms with E-state index in [-0.39, 0.29) is 5.91 Å². The monoisotopic (exact) mass is 303 g/mol. The highest BCUT2D eigenvalue weighted by Crippen LogP contribution is 2.09. The summed E-state index contributed by atoms with van der Waals surface area (Å²) in [6.45, 7) is 0. The van der Waals surface area contributed by atoms with Crippen LogP contribution in [0, 0.1) is 0 Å². The largest absolute Gasteiger partial charge is 0.320 e. The van der Waals surface area contributed by atoms with Gasteiger partial charge >= 0.3 is 0 Å². The molecule has 0 fully saturated rings. The summed E-state index contributed by atoms with van der Waals surface area (Å²) in [6.07, 6.45) is 7.45. The first-order valence-electron chi connectivity index (χ1n) is 6.49. The van der Waals surface area contributed by atoms with Crippen molar-refractivity contribution in [1.82, 2.24) is 15.4 Å². The van der Waals surface area contributed by atoms with Crippen molar-refractivity contribution in [2.24, 2.45) is 10.8 Å². The van der Waals surface area contributed by atoms with Crippen molar-refractivity contribution in [3.8, 4) is 0 Å². The van der Waals surface area contributed by atoms with Crippen LogP contribution in [0.2, 0.25) is 0 Å². The minimum Gasteiger partial charge on any atom is -0.320 e. The predicted molar refractivity (Wildman–Crippen MR) is 86.2 cm³/mol. The highest BCUT2D eigenvalue weighted by atomic mass is 32.2. The van der Waals surface area contributed by atoms with Gasteiger partial charge < -0.3 is 5.73 Å². The van der Waals surface area contributed by atoms with Gasteiger partial charge in [0.05, 0.1) is 23.3 Å². The van der Waals surface area contributed by atoms with Gasteiger partial charge in [0.1, 0.15) is 0 Å². The number of aromatic nitrogens is 2. The molecule has 1 aromatic heterocycles. The summed E-state index contributed by atoms with van der Waals surface area (Å²) in [5, 5.41) is 3.92. The molecule has 110 valence electrons. The lowest BCUT2D eigenvalue weighted by Crippen LogP contribution is -2.38. The smallest absolute Gasteiger partial charge is 0.256 e. The summed E-state index contributed by atoms with van der Waals surface area (Å²) in [4.78, 5) is 20.1. The van der Waals surface area contributed by atoms with Crippen LogP contribution in [0.4, 0.5) is 0 Å². The lowest BCUT2D eigenvalue weighted by molar-refractivity contribution is -0.122. The normalized spacial score (nSPS) is 12.7. The van der Waals surface area contributed by atoms with Crippen LogP contribution in [-0.4, -0.2) is 40.1 Å². The van der Waals surface area contributed by atoms with Crippen LogP contribution in [-0.2, 0) is 4.79 Å². The number of thioether (sulfide) groups is 1. The second kappa shape index (κ2) is 7.70. The molecule has 0 saturated heterocycles. The van der Waals surface area contributed by atoms with Gasteiger partial charge in [-0.3, -0.25) is 14.8 Å². The van der Waals surface area contributed by atoms with E-state index in [2.05, 4.69) is 20.5 Å². The lowest BCUT2D eigenvalue weighted by atomic mass is 10.2. The van der Waals surface area contributed by atoms with Crippen LogP contribution < -0.4 is 11.2 Å². The highest BCUT2D eigenvalue weighted by Gasteiger charge is 2.11. The first-order chi connectivity index (χ1) is 10.2. The van der Waals surface area contributed by atoms with Crippen molar-refractivity contribution >= 4 is 34.9 Å². The van der Waals surface area contributed by atoms with Crippen molar-refractivity contribution in [2.45, 2.75) is 12.5 Å². The number of fused-ring (bicyclic) bond motifs is 1. The summed E-state index contributed by atoms with van der Waals surface area (Å²) >= 11 is 1.66. The number of hydrazone groups is 1. The Hall–Kier alpha value is -1.99. The maximum Gasteiger partial charge on any atom is 0.256 e. The summed E-state index contributed by atoms with van der Waals surface area (Å²) in [6, 6.07) is 5.04. The zero-order chi connectivity index (χ0) is 15.1. The molecule has 0 aliphatic heterocycles. The molecule has 1 atom stereocenters. The molecule has 1 heterocycles. The number of carbonyl (C=O) groups is 1. The zero-order valence-corrected chi connectivity index (χ0v) is 12.5. The summed E-state index contributed by atoms with van der Waals surface area (Å²) in [5.74, 6) is 0.572. The fourth-order valence-corrected chi connectivity index (χ4v) is 2.18. The van der Waals surface area contributed by atoms with Gasteiger partial charge in [0, 0.05) is 12.4 Å². The van der Waals surface area contributed by atoms with E-state index < -0.39 is 6.04 Å². The Bertz CT molecular complexity index is 646. The molecular formula is C14H17N5OS. The Balaban J connectivity index is 1.95. The number of nitrogens with two attached hydrogens (primary N) is 1. The van der Waals surface area contributed by atoms with E-state index in [1.807, 2.05) is 24.5 Å². The molecule has 6 nitrogen and oxygen atoms in total. The molecule has 2 rings (SSSR count). The molecule has 0 saturated carbocycles. The van der Waals surface area contributed by atoms with Crippen LogP contribution in [0.5, 0.6) is 0 Å². The number of nitrogens with zero attached hydrogens (tertiary/aromatic N) is 3. The van der Waals surface area contributed by atoms with E-state index in [0.29, 0.717) is 6.42 Å². The maximum atomic E-state index is 11.7. The number of nitrogens with one attached hydrogen (secondary N) is 1. The maximum absolute atomic E-state index is 11.7. The van der Waals surface area contributed by atoms with E-state index in [1.165, 1.54) is 0 Å². The number of benzene rings is 1. The number of carbonyl (C=O) groups excluding carboxylic acids is 1. The molecule has 1 amide bonds. The van der Waals surface area contributed by atoms with Gasteiger partial charge in [0.15, 0.2) is 0 Å². The predicted octanol–water partition coefficient (Wildman–Crippen LogP) is 1.16. The average molecular weight is 303 g/mol. The molecule has 1 aromatic carbocycles. The third kappa shape index (κ3) is 4.51. The molecule has 3 N–H and O–H groups in total. The van der Waals surface area contributed by atoms with Gasteiger partial charge in [-0.15, -0.1) is 0 Å². The van der Waals surface area contributed by atoms with E-state index in [0.717, 1.165) is 22.3 Å². The molecular weight excluding hydrogens is 286 g/mol. The van der Waals surface area contributed by atoms with Gasteiger partial charge in [-0.25, -0.2) is 5.43 Å². The Morgan fingerprint density at radius 2 is 2.19 bits per heavy atom. The second-order valence-electron chi connectivity index (χ2n) is 4.43. The minimum absolute atomic E-state index is 0.277. The van der Waals surface area contributed by atoms with Gasteiger partial charge in [0.25, 0.3) is 5.91 Å². The second-order valence-corrected chi connectivity index (χ2v) is 5.41. The highest BCUT2D eigenvalue weighted by molar-refractivity contribution is 7.98. The van der Waals surface area contributed by atoms with Gasteiger partial charge in [-0.2, -0.15) is 16.9 Å². The third-order valence-corrected chi connectivity index (χ3v) is 3.50. The summed E-state index contributed by atoms with van der Waals surface area (Å²) in [5.41, 5.74) is 10.6. The van der Waals surface area contributed by atoms with Crippen LogP contribution >= 0.6 is 11.8 Å². The summed E-state index contributed by atoms with van der Waals surface area (Å²) < 4.78 is 0. The van der Waals surface area contributed by atoms with Gasteiger partial charge in [-0.05, 0) is 36.1 Å². The van der Waals surface area contributed by atoms with Crippen molar-refractivity contribution in [2.75, 3.05) is 12.0 Å². The van der Waals surface area contributed by atoms with Crippen molar-refractivity contribution in [1.29, 1.82) is 0 Å². The molecule has 0 radical (unpaired) electrons. The number of hydrogen-bond donors (Lipinski definition) is 2. The molecule has 0 bridgehead atoms. The molecule has 0 aliphatic carbocycles. The molecule has 0 spiro atoms. The van der Waals surface area contributed by atoms with E-state index in [9.17, 15) is 4.79 Å². The molecule has 21 heavy (non-hydrogen) atoms. The topological polar surface area (TPSA) is 93.3 Å². The standard InChI is InChI=1S/C14H17N5OS/c1-21-7-4-11(15)14(20)19-18-9-10-2-3-12-13(8-10)17-6-5-16-12/h2-3,5-6,8-9,11H,4,7,15H2,1H3,(H,19,20)/b18-9-/t11-/m1/s1. The minimum atomic E-state index is -0.530. The Morgan fingerprint density at radius 1 is 1.43 bits per heavy atom. The first kappa shape index (κ1) is 15.4. The lowest BCUT2D eigenvalue weighted by Gasteiger charge is -2.07. The van der Waals surface area contributed by atoms with E-state index in [4.69, 9.17) is 5.73 Å². The molecule has 0 unspecified atom stereocenters. The van der Waals surface area contributed by atoms with Crippen LogP contribution in [0.1, 0.15) is 12.0 Å². The molecule has 0 aliphatic rings. The molecule has 2 aromatic rings. The molecule has 7 heteroatoms. The van der Waals surface area contributed by atoms with Gasteiger partial charge in [-0.1, -0.05) is 6.07 Å². The number of hydrogen-bond acceptors (Lipinski definition) is 6. The van der Waals surface area contributed by atoms with E-state index in [1.54, 1.807) is 30.4 Å². The van der Waals surface area contributed by atoms with Crippen LogP contribution in [0.3, 0.4) is 0 Å². The Morgan fingerprint density at radius 3 is 2.95 bits per heavy atom. The zero-order valence-electron chi connectivity index (χ0n) is 11.7. The van der Waals surface area contributed by atoms with Crippen LogP contribution in [0.15, 0.2) is 35.7 Å². The first-order valence-corrected chi connectivity index (χ1v) is 7.88. The summed E-state index contributed by atoms with van der Waals surface area (Å²) in [7, 11) is 0. The quantitative estimate of drug-likeness (QED) is 0.617. The SMILES string of the molecule is CSCC[C@@H](N)C(=O)N/N=C\c1ccc2nccnc2c1. The fraction of sp³-hybridized carbons (Fsp3) is 0.286. The van der Waals surface area contributed by atoms with Crippen molar-refractivity contribution in [3.63, 3.8) is 0 Å². The van der Waals surface area contributed by atoms with Crippen molar-refractivity contribution < 1.29 is 4.79 Å². The Labute approximate surface area is 127 Å². The average Bonchev–Trinajstić information content (AvgIpc) is 2.52. The van der Waals surface area contributed by atoms with Gasteiger partial charge in [0.2, 0.25) is 0 Å². The Kier molecular flexibility index (Phi) is 5.65. The van der Waals surface area contributed by atoms with E-state index >= 15 is 0 Å². The third-order valence-electron chi connectivity index (χ3n) is 2.85.